The van der Waals surface area contributed by atoms with Gasteiger partial charge in [0.05, 0.1) is 6.04 Å². The molecule has 19 heteroatoms. The van der Waals surface area contributed by atoms with Crippen molar-refractivity contribution in [2.45, 2.75) is 38.5 Å². The van der Waals surface area contributed by atoms with Gasteiger partial charge in [0.15, 0.2) is 5.38 Å². The number of aromatic amines is 1. The lowest BCUT2D eigenvalue weighted by molar-refractivity contribution is -0.121. The summed E-state index contributed by atoms with van der Waals surface area (Å²) in [5.74, 6) is -4.88. The molecule has 2 atom stereocenters. The molecule has 318 valence electrons. The van der Waals surface area contributed by atoms with E-state index < -0.39 is 64.1 Å². The SMILES string of the molecule is Cc1ccc(C(N)=O)cc1-c1c(C)[nH]c(=O)c(Br)c1OCc1ccc(F)cc1F.NC(=O)OCC1NC(=O)C(Cl)C(OCc2ccc(F)cc2F)=C1c1cccc(C(N)=O)c1. The lowest BCUT2D eigenvalue weighted by atomic mass is 9.92. The Kier molecular flexibility index (Phi) is 14.6. The van der Waals surface area contributed by atoms with E-state index in [4.69, 9.17) is 43.0 Å². The molecule has 4 amide bonds. The third kappa shape index (κ3) is 10.9. The van der Waals surface area contributed by atoms with E-state index in [1.807, 2.05) is 6.92 Å². The van der Waals surface area contributed by atoms with Crippen molar-refractivity contribution < 1.29 is 51.0 Å². The van der Waals surface area contributed by atoms with E-state index in [1.54, 1.807) is 37.3 Å². The minimum atomic E-state index is -1.32. The number of hydrogen-bond acceptors (Lipinski definition) is 8. The fourth-order valence-corrected chi connectivity index (χ4v) is 6.78. The van der Waals surface area contributed by atoms with Crippen LogP contribution in [0.3, 0.4) is 0 Å². The van der Waals surface area contributed by atoms with E-state index in [-0.39, 0.29) is 58.1 Å². The number of amides is 4. The number of carbonyl (C=O) groups excluding carboxylic acids is 4. The summed E-state index contributed by atoms with van der Waals surface area (Å²) in [6.07, 6.45) is -1.08. The number of nitrogens with two attached hydrogens (primary N) is 3. The number of halogens is 6. The molecule has 6 rings (SSSR count). The molecule has 61 heavy (non-hydrogen) atoms. The second-order valence-corrected chi connectivity index (χ2v) is 14.5. The molecule has 1 aliphatic heterocycles. The highest BCUT2D eigenvalue weighted by Gasteiger charge is 2.37. The van der Waals surface area contributed by atoms with E-state index in [9.17, 15) is 41.5 Å². The number of primary amides is 3. The molecule has 0 radical (unpaired) electrons. The maximum absolute atomic E-state index is 14.1. The zero-order chi connectivity index (χ0) is 44.7. The van der Waals surface area contributed by atoms with Crippen molar-refractivity contribution in [1.82, 2.24) is 10.3 Å². The first-order valence-corrected chi connectivity index (χ1v) is 19.1. The Morgan fingerprint density at radius 2 is 1.38 bits per heavy atom. The molecule has 5 aromatic rings. The Labute approximate surface area is 357 Å². The monoisotopic (exact) mass is 927 g/mol. The van der Waals surface area contributed by atoms with E-state index in [0.29, 0.717) is 34.0 Å². The molecule has 0 saturated heterocycles. The predicted octanol–water partition coefficient (Wildman–Crippen LogP) is 6.57. The fraction of sp³-hybridized carbons (Fsp3) is 0.167. The zero-order valence-electron chi connectivity index (χ0n) is 32.0. The van der Waals surface area contributed by atoms with Crippen molar-refractivity contribution in [3.8, 4) is 16.9 Å². The molecule has 0 fully saturated rings. The number of nitrogens with one attached hydrogen (secondary N) is 2. The van der Waals surface area contributed by atoms with Crippen molar-refractivity contribution in [3.05, 3.63) is 162 Å². The van der Waals surface area contributed by atoms with Gasteiger partial charge in [-0.05, 0) is 95.0 Å². The minimum absolute atomic E-state index is 0.0175. The highest BCUT2D eigenvalue weighted by molar-refractivity contribution is 9.10. The minimum Gasteiger partial charge on any atom is -0.491 e. The number of aromatic nitrogens is 1. The summed E-state index contributed by atoms with van der Waals surface area (Å²) < 4.78 is 70.8. The molecule has 13 nitrogen and oxygen atoms in total. The van der Waals surface area contributed by atoms with Crippen LogP contribution in [-0.4, -0.2) is 46.8 Å². The van der Waals surface area contributed by atoms with Crippen LogP contribution in [0.1, 0.15) is 48.7 Å². The summed E-state index contributed by atoms with van der Waals surface area (Å²) in [6.45, 7) is 2.56. The number of aryl methyl sites for hydroxylation is 2. The normalized spacial score (nSPS) is 14.7. The van der Waals surface area contributed by atoms with Crippen LogP contribution in [0.25, 0.3) is 16.7 Å². The topological polar surface area (TPSA) is 219 Å². The molecular formula is C42H35BrClF4N5O8. The number of H-pyrrole nitrogens is 1. The molecular weight excluding hydrogens is 894 g/mol. The van der Waals surface area contributed by atoms with Gasteiger partial charge >= 0.3 is 6.09 Å². The number of hydrogen-bond donors (Lipinski definition) is 5. The number of ether oxygens (including phenoxy) is 3. The van der Waals surface area contributed by atoms with Crippen molar-refractivity contribution in [2.75, 3.05) is 6.61 Å². The molecule has 2 unspecified atom stereocenters. The number of carbonyl (C=O) groups is 4. The summed E-state index contributed by atoms with van der Waals surface area (Å²) in [7, 11) is 0. The molecule has 4 aromatic carbocycles. The Bertz CT molecular complexity index is 2640. The van der Waals surface area contributed by atoms with E-state index in [1.165, 1.54) is 24.3 Å². The third-order valence-electron chi connectivity index (χ3n) is 9.12. The first-order chi connectivity index (χ1) is 28.9. The third-order valence-corrected chi connectivity index (χ3v) is 10.2. The van der Waals surface area contributed by atoms with Gasteiger partial charge < -0.3 is 41.7 Å². The van der Waals surface area contributed by atoms with Crippen molar-refractivity contribution in [2.24, 2.45) is 17.2 Å². The maximum Gasteiger partial charge on any atom is 0.404 e. The average molecular weight is 929 g/mol. The van der Waals surface area contributed by atoms with Crippen LogP contribution in [0.4, 0.5) is 22.4 Å². The van der Waals surface area contributed by atoms with E-state index in [0.717, 1.165) is 23.8 Å². The predicted molar refractivity (Wildman–Crippen MR) is 219 cm³/mol. The molecule has 0 spiro atoms. The standard InChI is InChI=1S/C21H17BrF2N2O3.C21H18ClF2N3O5/c1-10-3-4-12(20(25)27)7-15(10)17-11(2)26-21(28)18(22)19(17)29-9-13-5-6-14(23)8-16(13)24;22-17-18(31-8-12-4-5-13(23)7-14(12)24)16(10-2-1-3-11(6-10)19(25)28)15(27-20(17)29)9-32-21(26)30/h3-8H,9H2,1-2H3,(H2,25,27)(H,26,28);1-7,15,17H,8-9H2,(H2,25,28)(H2,26,30)(H,27,29). The quantitative estimate of drug-likeness (QED) is 0.0679. The van der Waals surface area contributed by atoms with Crippen LogP contribution in [0.15, 0.2) is 93.9 Å². The van der Waals surface area contributed by atoms with Crippen LogP contribution in [0.2, 0.25) is 0 Å². The molecule has 0 saturated carbocycles. The lowest BCUT2D eigenvalue weighted by Crippen LogP contribution is -2.49. The summed E-state index contributed by atoms with van der Waals surface area (Å²) in [6, 6.07) is 16.2. The Hall–Kier alpha value is -6.66. The first-order valence-electron chi connectivity index (χ1n) is 17.8. The van der Waals surface area contributed by atoms with Crippen molar-refractivity contribution in [3.63, 3.8) is 0 Å². The second-order valence-electron chi connectivity index (χ2n) is 13.3. The molecule has 2 heterocycles. The highest BCUT2D eigenvalue weighted by atomic mass is 79.9. The molecule has 0 aliphatic carbocycles. The zero-order valence-corrected chi connectivity index (χ0v) is 34.4. The Balaban J connectivity index is 0.000000232. The molecule has 8 N–H and O–H groups in total. The Morgan fingerprint density at radius 3 is 1.95 bits per heavy atom. The smallest absolute Gasteiger partial charge is 0.404 e. The van der Waals surface area contributed by atoms with E-state index >= 15 is 0 Å². The molecule has 1 aliphatic rings. The van der Waals surface area contributed by atoms with Gasteiger partial charge in [-0.1, -0.05) is 18.2 Å². The van der Waals surface area contributed by atoms with Gasteiger partial charge in [0.25, 0.3) is 5.56 Å². The first kappa shape index (κ1) is 45.4. The van der Waals surface area contributed by atoms with Crippen molar-refractivity contribution in [1.29, 1.82) is 0 Å². The summed E-state index contributed by atoms with van der Waals surface area (Å²) in [5.41, 5.74) is 19.1. The van der Waals surface area contributed by atoms with Crippen LogP contribution >= 0.6 is 27.5 Å². The van der Waals surface area contributed by atoms with Crippen LogP contribution < -0.4 is 32.8 Å². The average Bonchev–Trinajstić information content (AvgIpc) is 3.20. The van der Waals surface area contributed by atoms with Crippen LogP contribution in [-0.2, 0) is 27.5 Å². The fourth-order valence-electron chi connectivity index (χ4n) is 6.13. The van der Waals surface area contributed by atoms with Gasteiger partial charge in [0.2, 0.25) is 17.7 Å². The summed E-state index contributed by atoms with van der Waals surface area (Å²) >= 11 is 9.49. The van der Waals surface area contributed by atoms with Crippen LogP contribution in [0.5, 0.6) is 5.75 Å². The van der Waals surface area contributed by atoms with Gasteiger partial charge in [0.1, 0.15) is 59.1 Å². The van der Waals surface area contributed by atoms with E-state index in [2.05, 4.69) is 26.2 Å². The number of rotatable bonds is 12. The Morgan fingerprint density at radius 1 is 0.787 bits per heavy atom. The number of alkyl halides is 1. The van der Waals surface area contributed by atoms with Crippen molar-refractivity contribution >= 4 is 56.9 Å². The largest absolute Gasteiger partial charge is 0.491 e. The van der Waals surface area contributed by atoms with Gasteiger partial charge in [0, 0.05) is 51.2 Å². The van der Waals surface area contributed by atoms with Gasteiger partial charge in [-0.2, -0.15) is 0 Å². The van der Waals surface area contributed by atoms with Crippen LogP contribution in [0, 0.1) is 37.1 Å². The maximum atomic E-state index is 14.1. The molecule has 0 bridgehead atoms. The second kappa shape index (κ2) is 19.6. The molecule has 1 aromatic heterocycles. The van der Waals surface area contributed by atoms with Gasteiger partial charge in [-0.15, -0.1) is 11.6 Å². The number of benzene rings is 4. The highest BCUT2D eigenvalue weighted by Crippen LogP contribution is 2.39. The lowest BCUT2D eigenvalue weighted by Gasteiger charge is -2.32. The van der Waals surface area contributed by atoms with Gasteiger partial charge in [-0.3, -0.25) is 19.2 Å². The van der Waals surface area contributed by atoms with Gasteiger partial charge in [-0.25, -0.2) is 22.4 Å². The summed E-state index contributed by atoms with van der Waals surface area (Å²) in [4.78, 5) is 61.7. The summed E-state index contributed by atoms with van der Waals surface area (Å²) in [5, 5.41) is 1.26. The number of pyridine rings is 1.